The molecule has 1 aromatic rings. The topological polar surface area (TPSA) is 30.5 Å². The van der Waals surface area contributed by atoms with Crippen LogP contribution in [-0.2, 0) is 9.47 Å². The second-order valence-corrected chi connectivity index (χ2v) is 4.66. The summed E-state index contributed by atoms with van der Waals surface area (Å²) in [6.07, 6.45) is 3.40. The summed E-state index contributed by atoms with van der Waals surface area (Å²) >= 11 is 0. The largest absolute Gasteiger partial charge is 0.382 e. The van der Waals surface area contributed by atoms with Gasteiger partial charge in [0.05, 0.1) is 13.2 Å². The Morgan fingerprint density at radius 2 is 1.89 bits per heavy atom. The van der Waals surface area contributed by atoms with Gasteiger partial charge >= 0.3 is 0 Å². The van der Waals surface area contributed by atoms with Crippen molar-refractivity contribution in [2.75, 3.05) is 33.5 Å². The summed E-state index contributed by atoms with van der Waals surface area (Å²) in [4.78, 5) is 0. The molecular formula is C16H27NO2. The Morgan fingerprint density at radius 1 is 1.11 bits per heavy atom. The van der Waals surface area contributed by atoms with Crippen molar-refractivity contribution < 1.29 is 9.47 Å². The maximum atomic E-state index is 5.46. The number of benzene rings is 1. The summed E-state index contributed by atoms with van der Waals surface area (Å²) in [5.41, 5.74) is 1.38. The fraction of sp³-hybridized carbons (Fsp3) is 0.625. The number of methoxy groups -OCH3 is 1. The average Bonchev–Trinajstić information content (AvgIpc) is 2.46. The number of nitrogens with one attached hydrogen (secondary N) is 1. The first-order valence-electron chi connectivity index (χ1n) is 7.23. The van der Waals surface area contributed by atoms with E-state index in [9.17, 15) is 0 Å². The molecule has 0 radical (unpaired) electrons. The fourth-order valence-electron chi connectivity index (χ4n) is 2.06. The van der Waals surface area contributed by atoms with E-state index in [1.807, 2.05) is 0 Å². The molecule has 0 amide bonds. The minimum atomic E-state index is 0.463. The SMILES string of the molecule is CCCC(NCCCOCCOC)c1ccccc1. The molecule has 0 bridgehead atoms. The van der Waals surface area contributed by atoms with Gasteiger partial charge in [0.1, 0.15) is 0 Å². The monoisotopic (exact) mass is 265 g/mol. The highest BCUT2D eigenvalue weighted by Gasteiger charge is 2.08. The van der Waals surface area contributed by atoms with Crippen molar-refractivity contribution in [1.82, 2.24) is 5.32 Å². The Bertz CT molecular complexity index is 303. The predicted molar refractivity (Wildman–Crippen MR) is 79.4 cm³/mol. The van der Waals surface area contributed by atoms with Crippen LogP contribution in [0.3, 0.4) is 0 Å². The van der Waals surface area contributed by atoms with Crippen LogP contribution in [0.4, 0.5) is 0 Å². The van der Waals surface area contributed by atoms with E-state index in [1.165, 1.54) is 18.4 Å². The maximum absolute atomic E-state index is 5.46. The van der Waals surface area contributed by atoms with E-state index in [0.29, 0.717) is 19.3 Å². The third-order valence-electron chi connectivity index (χ3n) is 3.07. The van der Waals surface area contributed by atoms with Crippen molar-refractivity contribution in [1.29, 1.82) is 0 Å². The second kappa shape index (κ2) is 11.0. The Morgan fingerprint density at radius 3 is 2.58 bits per heavy atom. The van der Waals surface area contributed by atoms with Gasteiger partial charge in [0.2, 0.25) is 0 Å². The highest BCUT2D eigenvalue weighted by atomic mass is 16.5. The first kappa shape index (κ1) is 16.2. The van der Waals surface area contributed by atoms with Crippen molar-refractivity contribution >= 4 is 0 Å². The van der Waals surface area contributed by atoms with Gasteiger partial charge in [0.15, 0.2) is 0 Å². The molecule has 0 aromatic heterocycles. The van der Waals surface area contributed by atoms with Crippen LogP contribution in [0, 0.1) is 0 Å². The van der Waals surface area contributed by atoms with Crippen LogP contribution in [0.5, 0.6) is 0 Å². The highest BCUT2D eigenvalue weighted by molar-refractivity contribution is 5.18. The molecule has 1 atom stereocenters. The minimum absolute atomic E-state index is 0.463. The van der Waals surface area contributed by atoms with Crippen LogP contribution in [-0.4, -0.2) is 33.5 Å². The Labute approximate surface area is 117 Å². The molecule has 1 N–H and O–H groups in total. The summed E-state index contributed by atoms with van der Waals surface area (Å²) in [7, 11) is 1.69. The summed E-state index contributed by atoms with van der Waals surface area (Å²) < 4.78 is 10.4. The summed E-state index contributed by atoms with van der Waals surface area (Å²) in [5, 5.41) is 3.62. The van der Waals surface area contributed by atoms with Gasteiger partial charge in [-0.3, -0.25) is 0 Å². The zero-order valence-corrected chi connectivity index (χ0v) is 12.2. The molecule has 19 heavy (non-hydrogen) atoms. The molecule has 0 heterocycles. The van der Waals surface area contributed by atoms with Crippen molar-refractivity contribution in [2.45, 2.75) is 32.2 Å². The normalized spacial score (nSPS) is 12.5. The molecule has 0 aliphatic rings. The third-order valence-corrected chi connectivity index (χ3v) is 3.07. The molecule has 3 heteroatoms. The molecule has 1 unspecified atom stereocenters. The second-order valence-electron chi connectivity index (χ2n) is 4.66. The molecule has 1 aromatic carbocycles. The van der Waals surface area contributed by atoms with Crippen molar-refractivity contribution in [2.24, 2.45) is 0 Å². The lowest BCUT2D eigenvalue weighted by Crippen LogP contribution is -2.23. The zero-order valence-electron chi connectivity index (χ0n) is 12.2. The van der Waals surface area contributed by atoms with Gasteiger partial charge in [-0.1, -0.05) is 43.7 Å². The minimum Gasteiger partial charge on any atom is -0.382 e. The molecule has 0 saturated heterocycles. The fourth-order valence-corrected chi connectivity index (χ4v) is 2.06. The third kappa shape index (κ3) is 7.31. The van der Waals surface area contributed by atoms with Crippen molar-refractivity contribution in [3.05, 3.63) is 35.9 Å². The lowest BCUT2D eigenvalue weighted by atomic mass is 10.0. The first-order chi connectivity index (χ1) is 9.38. The van der Waals surface area contributed by atoms with E-state index < -0.39 is 0 Å². The standard InChI is InChI=1S/C16H27NO2/c1-3-8-16(15-9-5-4-6-10-15)17-11-7-12-19-14-13-18-2/h4-6,9-10,16-17H,3,7-8,11-14H2,1-2H3. The Hall–Kier alpha value is -0.900. The van der Waals surface area contributed by atoms with E-state index >= 15 is 0 Å². The van der Waals surface area contributed by atoms with E-state index in [2.05, 4.69) is 42.6 Å². The van der Waals surface area contributed by atoms with Crippen LogP contribution >= 0.6 is 0 Å². The van der Waals surface area contributed by atoms with Gasteiger partial charge in [-0.2, -0.15) is 0 Å². The molecule has 1 rings (SSSR count). The molecule has 0 aliphatic heterocycles. The van der Waals surface area contributed by atoms with Gasteiger partial charge in [0.25, 0.3) is 0 Å². The zero-order chi connectivity index (χ0) is 13.8. The Balaban J connectivity index is 2.20. The van der Waals surface area contributed by atoms with E-state index in [1.54, 1.807) is 7.11 Å². The van der Waals surface area contributed by atoms with E-state index in [0.717, 1.165) is 19.6 Å². The van der Waals surface area contributed by atoms with Crippen molar-refractivity contribution in [3.8, 4) is 0 Å². The molecular weight excluding hydrogens is 238 g/mol. The quantitative estimate of drug-likeness (QED) is 0.623. The first-order valence-corrected chi connectivity index (χ1v) is 7.23. The number of hydrogen-bond donors (Lipinski definition) is 1. The van der Waals surface area contributed by atoms with E-state index in [4.69, 9.17) is 9.47 Å². The van der Waals surface area contributed by atoms with Gasteiger partial charge in [-0.15, -0.1) is 0 Å². The lowest BCUT2D eigenvalue weighted by molar-refractivity contribution is 0.0692. The lowest BCUT2D eigenvalue weighted by Gasteiger charge is -2.18. The molecule has 0 fully saturated rings. The number of rotatable bonds is 11. The predicted octanol–water partition coefficient (Wildman–Crippen LogP) is 3.17. The maximum Gasteiger partial charge on any atom is 0.0700 e. The summed E-state index contributed by atoms with van der Waals surface area (Å²) in [6, 6.07) is 11.1. The van der Waals surface area contributed by atoms with Crippen LogP contribution in [0.15, 0.2) is 30.3 Å². The number of hydrogen-bond acceptors (Lipinski definition) is 3. The molecule has 0 saturated carbocycles. The van der Waals surface area contributed by atoms with Crippen LogP contribution in [0.1, 0.15) is 37.8 Å². The smallest absolute Gasteiger partial charge is 0.0700 e. The number of ether oxygens (including phenoxy) is 2. The van der Waals surface area contributed by atoms with Crippen LogP contribution < -0.4 is 5.32 Å². The van der Waals surface area contributed by atoms with Gasteiger partial charge in [-0.05, 0) is 24.9 Å². The summed E-state index contributed by atoms with van der Waals surface area (Å²) in [5.74, 6) is 0. The van der Waals surface area contributed by atoms with Crippen LogP contribution in [0.25, 0.3) is 0 Å². The molecule has 0 spiro atoms. The molecule has 0 aliphatic carbocycles. The van der Waals surface area contributed by atoms with Gasteiger partial charge in [-0.25, -0.2) is 0 Å². The van der Waals surface area contributed by atoms with Crippen LogP contribution in [0.2, 0.25) is 0 Å². The highest BCUT2D eigenvalue weighted by Crippen LogP contribution is 2.17. The van der Waals surface area contributed by atoms with Crippen molar-refractivity contribution in [3.63, 3.8) is 0 Å². The average molecular weight is 265 g/mol. The van der Waals surface area contributed by atoms with E-state index in [-0.39, 0.29) is 0 Å². The Kier molecular flexibility index (Phi) is 9.33. The summed E-state index contributed by atoms with van der Waals surface area (Å²) in [6.45, 7) is 5.38. The van der Waals surface area contributed by atoms with Gasteiger partial charge in [0, 0.05) is 19.8 Å². The van der Waals surface area contributed by atoms with Gasteiger partial charge < -0.3 is 14.8 Å². The molecule has 108 valence electrons. The molecule has 3 nitrogen and oxygen atoms in total.